The molecule has 1 spiro atoms. The number of hydrogen-bond acceptors (Lipinski definition) is 6. The maximum absolute atomic E-state index is 11.9. The van der Waals surface area contributed by atoms with Gasteiger partial charge >= 0.3 is 6.09 Å². The number of amides is 1. The number of ether oxygens (including phenoxy) is 1. The second-order valence-electron chi connectivity index (χ2n) is 9.40. The molecule has 1 aromatic heterocycles. The van der Waals surface area contributed by atoms with Crippen LogP contribution in [0, 0.1) is 5.41 Å². The van der Waals surface area contributed by atoms with Crippen LogP contribution in [-0.2, 0) is 4.74 Å². The van der Waals surface area contributed by atoms with Crippen LogP contribution in [0.3, 0.4) is 0 Å². The Balaban J connectivity index is 1.16. The first-order valence-corrected chi connectivity index (χ1v) is 13.0. The van der Waals surface area contributed by atoms with Gasteiger partial charge < -0.3 is 14.5 Å². The maximum atomic E-state index is 11.9. The van der Waals surface area contributed by atoms with E-state index >= 15 is 0 Å². The van der Waals surface area contributed by atoms with E-state index in [2.05, 4.69) is 28.0 Å². The zero-order chi connectivity index (χ0) is 21.3. The molecule has 1 saturated carbocycles. The van der Waals surface area contributed by atoms with E-state index in [-0.39, 0.29) is 6.09 Å². The van der Waals surface area contributed by atoms with E-state index < -0.39 is 0 Å². The second-order valence-corrected chi connectivity index (χ2v) is 10.6. The molecule has 0 N–H and O–H groups in total. The lowest BCUT2D eigenvalue weighted by Crippen LogP contribution is -2.58. The van der Waals surface area contributed by atoms with Gasteiger partial charge in [0, 0.05) is 68.2 Å². The van der Waals surface area contributed by atoms with Gasteiger partial charge in [-0.25, -0.2) is 9.78 Å². The van der Waals surface area contributed by atoms with Crippen LogP contribution in [0.2, 0.25) is 0 Å². The number of allylic oxidation sites excluding steroid dienone is 1. The van der Waals surface area contributed by atoms with Crippen molar-refractivity contribution in [3.05, 3.63) is 30.0 Å². The van der Waals surface area contributed by atoms with Crippen LogP contribution in [-0.4, -0.2) is 84.3 Å². The van der Waals surface area contributed by atoms with E-state index in [1.54, 1.807) is 0 Å². The van der Waals surface area contributed by atoms with Gasteiger partial charge in [-0.2, -0.15) is 11.8 Å². The number of carbonyl (C=O) groups excluding carboxylic acids is 1. The third-order valence-corrected chi connectivity index (χ3v) is 8.38. The third-order valence-electron chi connectivity index (χ3n) is 7.48. The summed E-state index contributed by atoms with van der Waals surface area (Å²) in [7, 11) is 0. The summed E-state index contributed by atoms with van der Waals surface area (Å²) in [4.78, 5) is 23.8. The summed E-state index contributed by atoms with van der Waals surface area (Å²) in [5, 5.41) is 0. The summed E-state index contributed by atoms with van der Waals surface area (Å²) < 4.78 is 5.16. The van der Waals surface area contributed by atoms with Gasteiger partial charge in [0.15, 0.2) is 0 Å². The first-order chi connectivity index (χ1) is 15.2. The fraction of sp³-hybridized carbons (Fsp3) is 0.667. The molecular formula is C24H34N4O2S. The van der Waals surface area contributed by atoms with Crippen molar-refractivity contribution in [2.24, 2.45) is 5.41 Å². The largest absolute Gasteiger partial charge is 0.450 e. The highest BCUT2D eigenvalue weighted by atomic mass is 32.2. The highest BCUT2D eigenvalue weighted by Crippen LogP contribution is 2.47. The van der Waals surface area contributed by atoms with E-state index in [1.165, 1.54) is 42.0 Å². The first kappa shape index (κ1) is 21.1. The standard InChI is InChI=1S/C24H34N4O2S/c1-2-30-23(29)28-17-24(18-28)8-5-20(16-24)26-10-12-27(13-11-26)22-21(4-3-9-25-22)19-6-14-31-15-7-19/h3-4,6,9,20H,2,5,7-8,10-18H2,1H3/t20-/m1/s1. The molecule has 31 heavy (non-hydrogen) atoms. The number of rotatable bonds is 4. The average molecular weight is 443 g/mol. The van der Waals surface area contributed by atoms with Gasteiger partial charge in [-0.3, -0.25) is 4.90 Å². The van der Waals surface area contributed by atoms with Gasteiger partial charge in [0.05, 0.1) is 6.61 Å². The van der Waals surface area contributed by atoms with Crippen LogP contribution in [0.5, 0.6) is 0 Å². The molecule has 2 saturated heterocycles. The molecule has 6 nitrogen and oxygen atoms in total. The van der Waals surface area contributed by atoms with Crippen LogP contribution < -0.4 is 4.90 Å². The molecule has 1 atom stereocenters. The van der Waals surface area contributed by atoms with Crippen LogP contribution in [0.1, 0.15) is 38.2 Å². The highest BCUT2D eigenvalue weighted by molar-refractivity contribution is 7.99. The van der Waals surface area contributed by atoms with Crippen molar-refractivity contribution in [2.75, 3.05) is 62.3 Å². The van der Waals surface area contributed by atoms with E-state index in [4.69, 9.17) is 9.72 Å². The Morgan fingerprint density at radius 3 is 2.87 bits per heavy atom. The number of aromatic nitrogens is 1. The number of piperazine rings is 1. The smallest absolute Gasteiger partial charge is 0.409 e. The Kier molecular flexibility index (Phi) is 6.15. The summed E-state index contributed by atoms with van der Waals surface area (Å²) in [6.07, 6.45) is 9.07. The van der Waals surface area contributed by atoms with Crippen molar-refractivity contribution >= 4 is 29.2 Å². The van der Waals surface area contributed by atoms with Crippen LogP contribution in [0.15, 0.2) is 24.4 Å². The highest BCUT2D eigenvalue weighted by Gasteiger charge is 2.51. The number of likely N-dealkylation sites (tertiary alicyclic amines) is 1. The summed E-state index contributed by atoms with van der Waals surface area (Å²) >= 11 is 2.01. The Labute approximate surface area is 190 Å². The molecule has 0 aromatic carbocycles. The summed E-state index contributed by atoms with van der Waals surface area (Å²) in [6, 6.07) is 4.99. The van der Waals surface area contributed by atoms with Crippen molar-refractivity contribution in [3.63, 3.8) is 0 Å². The monoisotopic (exact) mass is 442 g/mol. The van der Waals surface area contributed by atoms with Gasteiger partial charge in [0.25, 0.3) is 0 Å². The van der Waals surface area contributed by atoms with Gasteiger partial charge in [-0.15, -0.1) is 0 Å². The summed E-state index contributed by atoms with van der Waals surface area (Å²) in [5.41, 5.74) is 3.15. The van der Waals surface area contributed by atoms with Crippen LogP contribution in [0.4, 0.5) is 10.6 Å². The number of anilines is 1. The molecule has 1 aromatic rings. The Morgan fingerprint density at radius 1 is 1.29 bits per heavy atom. The van der Waals surface area contributed by atoms with Gasteiger partial charge in [0.2, 0.25) is 0 Å². The maximum Gasteiger partial charge on any atom is 0.409 e. The zero-order valence-electron chi connectivity index (χ0n) is 18.6. The van der Waals surface area contributed by atoms with E-state index in [0.717, 1.165) is 51.4 Å². The quantitative estimate of drug-likeness (QED) is 0.708. The lowest BCUT2D eigenvalue weighted by atomic mass is 9.78. The van der Waals surface area contributed by atoms with Gasteiger partial charge in [0.1, 0.15) is 5.82 Å². The predicted molar refractivity (Wildman–Crippen MR) is 127 cm³/mol. The molecule has 4 aliphatic rings. The fourth-order valence-corrected chi connectivity index (χ4v) is 6.70. The van der Waals surface area contributed by atoms with Gasteiger partial charge in [-0.05, 0) is 56.1 Å². The third kappa shape index (κ3) is 4.31. The van der Waals surface area contributed by atoms with Crippen molar-refractivity contribution in [2.45, 2.75) is 38.6 Å². The first-order valence-electron chi connectivity index (χ1n) is 11.8. The van der Waals surface area contributed by atoms with Crippen LogP contribution in [0.25, 0.3) is 5.57 Å². The number of nitrogens with zero attached hydrogens (tertiary/aromatic N) is 4. The van der Waals surface area contributed by atoms with Crippen molar-refractivity contribution < 1.29 is 9.53 Å². The Morgan fingerprint density at radius 2 is 2.13 bits per heavy atom. The average Bonchev–Trinajstić information content (AvgIpc) is 3.25. The number of carbonyl (C=O) groups is 1. The predicted octanol–water partition coefficient (Wildman–Crippen LogP) is 3.73. The molecule has 1 amide bonds. The molecule has 3 aliphatic heterocycles. The summed E-state index contributed by atoms with van der Waals surface area (Å²) in [5.74, 6) is 3.51. The molecule has 0 bridgehead atoms. The van der Waals surface area contributed by atoms with Gasteiger partial charge in [-0.1, -0.05) is 6.08 Å². The molecular weight excluding hydrogens is 408 g/mol. The van der Waals surface area contributed by atoms with E-state index in [1.807, 2.05) is 29.8 Å². The topological polar surface area (TPSA) is 48.9 Å². The lowest BCUT2D eigenvalue weighted by Gasteiger charge is -2.48. The molecule has 0 radical (unpaired) electrons. The molecule has 3 fully saturated rings. The molecule has 1 aliphatic carbocycles. The molecule has 0 unspecified atom stereocenters. The number of thioether (sulfide) groups is 1. The minimum atomic E-state index is -0.136. The SMILES string of the molecule is CCOC(=O)N1CC2(CC[C@@H](N3CCN(c4ncccc4C4=CCSCC4)CC3)C2)C1. The van der Waals surface area contributed by atoms with E-state index in [0.29, 0.717) is 18.1 Å². The van der Waals surface area contributed by atoms with Crippen molar-refractivity contribution in [1.82, 2.24) is 14.8 Å². The number of hydrogen-bond donors (Lipinski definition) is 0. The zero-order valence-corrected chi connectivity index (χ0v) is 19.4. The molecule has 5 rings (SSSR count). The van der Waals surface area contributed by atoms with Crippen molar-refractivity contribution in [3.8, 4) is 0 Å². The van der Waals surface area contributed by atoms with Crippen molar-refractivity contribution in [1.29, 1.82) is 0 Å². The minimum absolute atomic E-state index is 0.136. The molecule has 4 heterocycles. The summed E-state index contributed by atoms with van der Waals surface area (Å²) in [6.45, 7) is 8.40. The normalized spacial score (nSPS) is 26.0. The van der Waals surface area contributed by atoms with Crippen LogP contribution >= 0.6 is 11.8 Å². The Bertz CT molecular complexity index is 831. The second kappa shape index (κ2) is 9.02. The Hall–Kier alpha value is -1.73. The molecule has 7 heteroatoms. The van der Waals surface area contributed by atoms with E-state index in [9.17, 15) is 4.79 Å². The molecule has 168 valence electrons. The fourth-order valence-electron chi connectivity index (χ4n) is 5.85. The minimum Gasteiger partial charge on any atom is -0.450 e. The number of pyridine rings is 1. The lowest BCUT2D eigenvalue weighted by molar-refractivity contribution is -0.00294.